The van der Waals surface area contributed by atoms with Gasteiger partial charge in [0.15, 0.2) is 5.51 Å². The van der Waals surface area contributed by atoms with E-state index in [0.29, 0.717) is 21.7 Å². The van der Waals surface area contributed by atoms with Crippen molar-refractivity contribution in [2.24, 2.45) is 0 Å². The van der Waals surface area contributed by atoms with Crippen molar-refractivity contribution in [3.05, 3.63) is 39.1 Å². The van der Waals surface area contributed by atoms with Crippen LogP contribution in [0.15, 0.2) is 23.6 Å². The van der Waals surface area contributed by atoms with Gasteiger partial charge in [-0.15, -0.1) is 11.3 Å². The summed E-state index contributed by atoms with van der Waals surface area (Å²) in [6.45, 7) is 0. The number of ether oxygens (including phenoxy) is 1. The zero-order valence-corrected chi connectivity index (χ0v) is 9.16. The summed E-state index contributed by atoms with van der Waals surface area (Å²) < 4.78 is 5.38. The number of hydrogen-bond donors (Lipinski definition) is 0. The zero-order chi connectivity index (χ0) is 9.97. The summed E-state index contributed by atoms with van der Waals surface area (Å²) in [4.78, 5) is 3.86. The van der Waals surface area contributed by atoms with Crippen molar-refractivity contribution in [2.45, 2.75) is 0 Å². The average Bonchev–Trinajstić information content (AvgIpc) is 2.64. The molecule has 14 heavy (non-hydrogen) atoms. The average molecular weight is 245 g/mol. The molecule has 0 saturated heterocycles. The van der Waals surface area contributed by atoms with Gasteiger partial charge < -0.3 is 4.74 Å². The van der Waals surface area contributed by atoms with E-state index >= 15 is 0 Å². The van der Waals surface area contributed by atoms with E-state index in [0.717, 1.165) is 0 Å². The molecular weight excluding hydrogens is 241 g/mol. The predicted molar refractivity (Wildman–Crippen MR) is 57.5 cm³/mol. The number of benzene rings is 1. The number of aromatic nitrogens is 1. The summed E-state index contributed by atoms with van der Waals surface area (Å²) in [5, 5.41) is 2.72. The van der Waals surface area contributed by atoms with E-state index in [9.17, 15) is 0 Å². The second-order valence-electron chi connectivity index (χ2n) is 2.46. The Morgan fingerprint density at radius 2 is 2.14 bits per heavy atom. The van der Waals surface area contributed by atoms with Crippen molar-refractivity contribution in [1.82, 2.24) is 4.98 Å². The van der Waals surface area contributed by atoms with Gasteiger partial charge in [0.05, 0.1) is 15.4 Å². The van der Waals surface area contributed by atoms with Crippen molar-refractivity contribution in [3.63, 3.8) is 0 Å². The Balaban J connectivity index is 2.22. The number of halogens is 2. The normalized spacial score (nSPS) is 10.1. The van der Waals surface area contributed by atoms with Crippen LogP contribution in [0.5, 0.6) is 11.6 Å². The highest BCUT2D eigenvalue weighted by molar-refractivity contribution is 7.07. The fraction of sp³-hybridized carbons (Fsp3) is 0. The van der Waals surface area contributed by atoms with Crippen LogP contribution in [0.1, 0.15) is 0 Å². The lowest BCUT2D eigenvalue weighted by Crippen LogP contribution is -1.83. The first kappa shape index (κ1) is 9.77. The van der Waals surface area contributed by atoms with Gasteiger partial charge in [0.25, 0.3) is 0 Å². The highest BCUT2D eigenvalue weighted by atomic mass is 35.5. The van der Waals surface area contributed by atoms with E-state index in [4.69, 9.17) is 27.9 Å². The molecule has 5 heteroatoms. The molecule has 0 bridgehead atoms. The molecule has 0 N–H and O–H groups in total. The fourth-order valence-corrected chi connectivity index (χ4v) is 1.57. The molecule has 0 spiro atoms. The van der Waals surface area contributed by atoms with Gasteiger partial charge in [-0.2, -0.15) is 4.98 Å². The van der Waals surface area contributed by atoms with Crippen LogP contribution in [0, 0.1) is 5.51 Å². The Morgan fingerprint density at radius 3 is 2.79 bits per heavy atom. The van der Waals surface area contributed by atoms with Gasteiger partial charge in [-0.05, 0) is 12.1 Å². The molecule has 0 atom stereocenters. The molecule has 0 aliphatic carbocycles. The first-order valence-corrected chi connectivity index (χ1v) is 5.34. The van der Waals surface area contributed by atoms with Crippen LogP contribution in [0.4, 0.5) is 0 Å². The van der Waals surface area contributed by atoms with Crippen molar-refractivity contribution >= 4 is 34.5 Å². The highest BCUT2D eigenvalue weighted by Gasteiger charge is 2.02. The first-order chi connectivity index (χ1) is 6.75. The minimum Gasteiger partial charge on any atom is -0.438 e. The molecular formula is C9H4Cl2NOS. The van der Waals surface area contributed by atoms with Crippen molar-refractivity contribution in [3.8, 4) is 11.6 Å². The summed E-state index contributed by atoms with van der Waals surface area (Å²) >= 11 is 12.9. The third kappa shape index (κ3) is 2.18. The van der Waals surface area contributed by atoms with Gasteiger partial charge in [-0.1, -0.05) is 23.2 Å². The lowest BCUT2D eigenvalue weighted by Gasteiger charge is -2.02. The second kappa shape index (κ2) is 4.17. The van der Waals surface area contributed by atoms with Gasteiger partial charge >= 0.3 is 0 Å². The standard InChI is InChI=1S/C9H4Cl2NOS/c10-7-2-1-6(3-8(7)11)13-9-4-14-5-12-9/h1-4H. The van der Waals surface area contributed by atoms with E-state index in [1.807, 2.05) is 0 Å². The van der Waals surface area contributed by atoms with Crippen LogP contribution in [0.25, 0.3) is 0 Å². The Labute approximate surface area is 95.1 Å². The molecule has 0 aliphatic heterocycles. The maximum Gasteiger partial charge on any atom is 0.230 e. The Kier molecular flexibility index (Phi) is 2.91. The number of hydrogen-bond acceptors (Lipinski definition) is 3. The lowest BCUT2D eigenvalue weighted by molar-refractivity contribution is 0.466. The molecule has 0 unspecified atom stereocenters. The van der Waals surface area contributed by atoms with Crippen molar-refractivity contribution < 1.29 is 4.74 Å². The summed E-state index contributed by atoms with van der Waals surface area (Å²) in [7, 11) is 0. The number of thiazole rings is 1. The van der Waals surface area contributed by atoms with Gasteiger partial charge in [-0.25, -0.2) is 0 Å². The molecule has 1 aromatic heterocycles. The van der Waals surface area contributed by atoms with Crippen LogP contribution in [0.2, 0.25) is 10.0 Å². The molecule has 2 nitrogen and oxygen atoms in total. The molecule has 2 aromatic rings. The van der Waals surface area contributed by atoms with E-state index in [1.54, 1.807) is 23.6 Å². The highest BCUT2D eigenvalue weighted by Crippen LogP contribution is 2.28. The second-order valence-corrected chi connectivity index (χ2v) is 3.92. The van der Waals surface area contributed by atoms with Crippen LogP contribution < -0.4 is 4.74 Å². The maximum atomic E-state index is 5.82. The monoisotopic (exact) mass is 244 g/mol. The Bertz CT molecular complexity index is 430. The van der Waals surface area contributed by atoms with E-state index < -0.39 is 0 Å². The summed E-state index contributed by atoms with van der Waals surface area (Å²) in [5.41, 5.74) is 2.68. The van der Waals surface area contributed by atoms with E-state index in [1.165, 1.54) is 11.3 Å². The van der Waals surface area contributed by atoms with Gasteiger partial charge in [0, 0.05) is 6.07 Å². The van der Waals surface area contributed by atoms with Crippen molar-refractivity contribution in [2.75, 3.05) is 0 Å². The Morgan fingerprint density at radius 1 is 1.29 bits per heavy atom. The first-order valence-electron chi connectivity index (χ1n) is 3.70. The predicted octanol–water partition coefficient (Wildman–Crippen LogP) is 4.04. The summed E-state index contributed by atoms with van der Waals surface area (Å²) in [5.74, 6) is 1.12. The molecule has 1 aromatic carbocycles. The molecule has 1 radical (unpaired) electrons. The lowest BCUT2D eigenvalue weighted by atomic mass is 10.3. The molecule has 0 amide bonds. The van der Waals surface area contributed by atoms with Crippen LogP contribution in [-0.4, -0.2) is 4.98 Å². The molecule has 0 aliphatic rings. The minimum absolute atomic E-state index is 0.461. The molecule has 0 saturated carbocycles. The minimum atomic E-state index is 0.461. The molecule has 2 rings (SSSR count). The third-order valence-electron chi connectivity index (χ3n) is 1.48. The largest absolute Gasteiger partial charge is 0.438 e. The van der Waals surface area contributed by atoms with Gasteiger partial charge in [0.2, 0.25) is 5.88 Å². The zero-order valence-electron chi connectivity index (χ0n) is 6.83. The van der Waals surface area contributed by atoms with Crippen LogP contribution in [0.3, 0.4) is 0 Å². The van der Waals surface area contributed by atoms with Gasteiger partial charge in [0.1, 0.15) is 5.75 Å². The smallest absolute Gasteiger partial charge is 0.230 e. The molecule has 71 valence electrons. The molecule has 1 heterocycles. The number of nitrogens with zero attached hydrogens (tertiary/aromatic N) is 1. The Hall–Kier alpha value is -0.770. The van der Waals surface area contributed by atoms with Crippen LogP contribution in [-0.2, 0) is 0 Å². The molecule has 0 fully saturated rings. The summed E-state index contributed by atoms with van der Waals surface area (Å²) in [6.07, 6.45) is 0. The van der Waals surface area contributed by atoms with E-state index in [-0.39, 0.29) is 0 Å². The topological polar surface area (TPSA) is 22.1 Å². The van der Waals surface area contributed by atoms with E-state index in [2.05, 4.69) is 10.5 Å². The quantitative estimate of drug-likeness (QED) is 0.796. The van der Waals surface area contributed by atoms with Crippen LogP contribution >= 0.6 is 34.5 Å². The maximum absolute atomic E-state index is 5.82. The van der Waals surface area contributed by atoms with Gasteiger partial charge in [-0.3, -0.25) is 0 Å². The van der Waals surface area contributed by atoms with Crippen molar-refractivity contribution in [1.29, 1.82) is 0 Å². The third-order valence-corrected chi connectivity index (χ3v) is 2.74. The SMILES string of the molecule is Clc1ccc(Oc2cs[c]n2)cc1Cl. The summed E-state index contributed by atoms with van der Waals surface area (Å²) in [6, 6.07) is 5.05. The number of rotatable bonds is 2. The fourth-order valence-electron chi connectivity index (χ4n) is 0.882.